The summed E-state index contributed by atoms with van der Waals surface area (Å²) in [5.74, 6) is 1.74. The normalized spacial score (nSPS) is 12.7. The maximum atomic E-state index is 9.49. The third-order valence-corrected chi connectivity index (χ3v) is 8.89. The van der Waals surface area contributed by atoms with E-state index in [1.54, 1.807) is 0 Å². The Hall–Kier alpha value is -1.76. The SMILES string of the molecule is CCCCCCCCOc1cc(C(C)(C)C)c(OCCCCCCCC)c2c1SC(=C(C#N)C#N)S2. The molecule has 0 bridgehead atoms. The number of hydrogen-bond acceptors (Lipinski definition) is 6. The number of rotatable bonds is 16. The van der Waals surface area contributed by atoms with Crippen LogP contribution in [0.5, 0.6) is 11.5 Å². The van der Waals surface area contributed by atoms with E-state index in [0.717, 1.165) is 43.9 Å². The number of thioether (sulfide) groups is 2. The van der Waals surface area contributed by atoms with Crippen molar-refractivity contribution in [2.75, 3.05) is 13.2 Å². The smallest absolute Gasteiger partial charge is 0.150 e. The van der Waals surface area contributed by atoms with Crippen molar-refractivity contribution in [3.63, 3.8) is 0 Å². The highest BCUT2D eigenvalue weighted by atomic mass is 32.2. The molecule has 1 aromatic rings. The zero-order valence-electron chi connectivity index (χ0n) is 23.0. The minimum atomic E-state index is -0.130. The molecule has 198 valence electrons. The number of unbranched alkanes of at least 4 members (excludes halogenated alkanes) is 10. The number of ether oxygens (including phenoxy) is 2. The predicted octanol–water partition coefficient (Wildman–Crippen LogP) is 9.92. The number of nitrogens with zero attached hydrogens (tertiary/aromatic N) is 2. The van der Waals surface area contributed by atoms with Crippen LogP contribution in [0.4, 0.5) is 0 Å². The van der Waals surface area contributed by atoms with Crippen LogP contribution < -0.4 is 9.47 Å². The number of hydrogen-bond donors (Lipinski definition) is 0. The molecule has 0 radical (unpaired) electrons. The van der Waals surface area contributed by atoms with Crippen LogP contribution in [0.2, 0.25) is 0 Å². The van der Waals surface area contributed by atoms with Gasteiger partial charge >= 0.3 is 0 Å². The Labute approximate surface area is 228 Å². The van der Waals surface area contributed by atoms with Gasteiger partial charge in [0.1, 0.15) is 29.2 Å². The first-order valence-electron chi connectivity index (χ1n) is 13.7. The Kier molecular flexibility index (Phi) is 13.7. The summed E-state index contributed by atoms with van der Waals surface area (Å²) >= 11 is 2.96. The summed E-state index contributed by atoms with van der Waals surface area (Å²) in [5, 5.41) is 19.0. The Morgan fingerprint density at radius 3 is 1.78 bits per heavy atom. The third kappa shape index (κ3) is 9.28. The summed E-state index contributed by atoms with van der Waals surface area (Å²) in [7, 11) is 0. The average molecular weight is 529 g/mol. The maximum Gasteiger partial charge on any atom is 0.150 e. The van der Waals surface area contributed by atoms with Crippen LogP contribution >= 0.6 is 23.5 Å². The molecule has 1 aromatic carbocycles. The molecule has 4 nitrogen and oxygen atoms in total. The minimum Gasteiger partial charge on any atom is -0.492 e. The third-order valence-electron chi connectivity index (χ3n) is 6.28. The number of fused-ring (bicyclic) bond motifs is 1. The minimum absolute atomic E-state index is 0.130. The van der Waals surface area contributed by atoms with E-state index >= 15 is 0 Å². The van der Waals surface area contributed by atoms with E-state index in [0.29, 0.717) is 13.2 Å². The summed E-state index contributed by atoms with van der Waals surface area (Å²) < 4.78 is 13.5. The van der Waals surface area contributed by atoms with Gasteiger partial charge < -0.3 is 9.47 Å². The van der Waals surface area contributed by atoms with Crippen LogP contribution in [-0.4, -0.2) is 13.2 Å². The van der Waals surface area contributed by atoms with E-state index in [2.05, 4.69) is 52.8 Å². The molecular weight excluding hydrogens is 484 g/mol. The maximum absolute atomic E-state index is 9.49. The Morgan fingerprint density at radius 1 is 0.750 bits per heavy atom. The summed E-state index contributed by atoms with van der Waals surface area (Å²) in [4.78, 5) is 1.98. The van der Waals surface area contributed by atoms with Crippen LogP contribution in [0.15, 0.2) is 25.7 Å². The Bertz CT molecular complexity index is 936. The van der Waals surface area contributed by atoms with Crippen LogP contribution in [0.1, 0.15) is 117 Å². The molecule has 0 unspecified atom stereocenters. The van der Waals surface area contributed by atoms with Crippen molar-refractivity contribution >= 4 is 23.5 Å². The van der Waals surface area contributed by atoms with Gasteiger partial charge in [-0.2, -0.15) is 10.5 Å². The first-order chi connectivity index (χ1) is 17.4. The average Bonchev–Trinajstić information content (AvgIpc) is 3.29. The standard InChI is InChI=1S/C30H44N2O2S2/c1-6-8-10-12-14-16-18-33-25-20-24(30(3,4)5)26(34-19-17-15-13-11-9-7-2)28-27(25)35-29(36-28)23(21-31)22-32/h20H,6-19H2,1-5H3. The van der Waals surface area contributed by atoms with Crippen molar-refractivity contribution < 1.29 is 9.47 Å². The molecular formula is C30H44N2O2S2. The van der Waals surface area contributed by atoms with Gasteiger partial charge in [-0.25, -0.2) is 0 Å². The molecule has 0 saturated carbocycles. The van der Waals surface area contributed by atoms with Crippen molar-refractivity contribution in [1.29, 1.82) is 10.5 Å². The zero-order chi connectivity index (χ0) is 26.4. The lowest BCUT2D eigenvalue weighted by Crippen LogP contribution is -2.15. The van der Waals surface area contributed by atoms with E-state index < -0.39 is 0 Å². The molecule has 1 heterocycles. The van der Waals surface area contributed by atoms with Crippen molar-refractivity contribution in [1.82, 2.24) is 0 Å². The van der Waals surface area contributed by atoms with E-state index in [-0.39, 0.29) is 11.0 Å². The summed E-state index contributed by atoms with van der Waals surface area (Å²) in [5.41, 5.74) is 1.15. The molecule has 0 atom stereocenters. The van der Waals surface area contributed by atoms with Crippen molar-refractivity contribution in [2.45, 2.75) is 127 Å². The largest absolute Gasteiger partial charge is 0.492 e. The van der Waals surface area contributed by atoms with Gasteiger partial charge in [-0.3, -0.25) is 0 Å². The van der Waals surface area contributed by atoms with Gasteiger partial charge in [0.2, 0.25) is 0 Å². The van der Waals surface area contributed by atoms with Gasteiger partial charge in [-0.15, -0.1) is 0 Å². The molecule has 0 aromatic heterocycles. The van der Waals surface area contributed by atoms with Gasteiger partial charge in [-0.1, -0.05) is 122 Å². The lowest BCUT2D eigenvalue weighted by molar-refractivity contribution is 0.277. The molecule has 6 heteroatoms. The molecule has 0 saturated heterocycles. The molecule has 0 spiro atoms. The highest BCUT2D eigenvalue weighted by molar-refractivity contribution is 8.24. The first kappa shape index (κ1) is 30.5. The molecule has 0 fully saturated rings. The van der Waals surface area contributed by atoms with E-state index in [1.165, 1.54) is 87.7 Å². The molecule has 1 aliphatic rings. The van der Waals surface area contributed by atoms with E-state index in [4.69, 9.17) is 9.47 Å². The molecule has 1 aliphatic heterocycles. The first-order valence-corrected chi connectivity index (χ1v) is 15.4. The summed E-state index contributed by atoms with van der Waals surface area (Å²) in [6, 6.07) is 6.26. The highest BCUT2D eigenvalue weighted by Crippen LogP contribution is 2.60. The zero-order valence-corrected chi connectivity index (χ0v) is 24.6. The monoisotopic (exact) mass is 528 g/mol. The predicted molar refractivity (Wildman–Crippen MR) is 153 cm³/mol. The number of benzene rings is 1. The molecule has 0 amide bonds. The van der Waals surface area contributed by atoms with Crippen LogP contribution in [0.25, 0.3) is 0 Å². The van der Waals surface area contributed by atoms with Crippen LogP contribution in [-0.2, 0) is 5.41 Å². The number of nitriles is 2. The summed E-state index contributed by atoms with van der Waals surface area (Å²) in [6.45, 7) is 12.4. The quantitative estimate of drug-likeness (QED) is 0.157. The fraction of sp³-hybridized carbons (Fsp3) is 0.667. The Balaban J connectivity index is 2.26. The van der Waals surface area contributed by atoms with Crippen LogP contribution in [0.3, 0.4) is 0 Å². The number of allylic oxidation sites excluding steroid dienone is 1. The lowest BCUT2D eigenvalue weighted by atomic mass is 9.86. The van der Waals surface area contributed by atoms with Gasteiger partial charge in [0.05, 0.1) is 27.2 Å². The molecule has 0 N–H and O–H groups in total. The lowest BCUT2D eigenvalue weighted by Gasteiger charge is -2.26. The van der Waals surface area contributed by atoms with Gasteiger partial charge in [0.15, 0.2) is 0 Å². The molecule has 2 rings (SSSR count). The van der Waals surface area contributed by atoms with Gasteiger partial charge in [0.25, 0.3) is 0 Å². The Morgan fingerprint density at radius 2 is 1.25 bits per heavy atom. The second kappa shape index (κ2) is 16.2. The van der Waals surface area contributed by atoms with Crippen molar-refractivity contribution in [3.05, 3.63) is 21.4 Å². The highest BCUT2D eigenvalue weighted by Gasteiger charge is 2.33. The second-order valence-corrected chi connectivity index (χ2v) is 12.8. The van der Waals surface area contributed by atoms with Crippen LogP contribution in [0, 0.1) is 22.7 Å². The fourth-order valence-corrected chi connectivity index (χ4v) is 6.68. The topological polar surface area (TPSA) is 66.0 Å². The second-order valence-electron chi connectivity index (χ2n) is 10.5. The van der Waals surface area contributed by atoms with Gasteiger partial charge in [0, 0.05) is 5.56 Å². The van der Waals surface area contributed by atoms with Crippen molar-refractivity contribution in [3.8, 4) is 23.6 Å². The van der Waals surface area contributed by atoms with Crippen molar-refractivity contribution in [2.24, 2.45) is 0 Å². The molecule has 36 heavy (non-hydrogen) atoms. The van der Waals surface area contributed by atoms with E-state index in [9.17, 15) is 10.5 Å². The van der Waals surface area contributed by atoms with E-state index in [1.807, 2.05) is 0 Å². The summed E-state index contributed by atoms with van der Waals surface area (Å²) in [6.07, 6.45) is 14.6. The van der Waals surface area contributed by atoms with Gasteiger partial charge in [-0.05, 0) is 24.3 Å². The molecule has 0 aliphatic carbocycles. The fourth-order valence-electron chi connectivity index (χ4n) is 4.14.